The Morgan fingerprint density at radius 1 is 1.03 bits per heavy atom. The third-order valence-corrected chi connectivity index (χ3v) is 5.42. The van der Waals surface area contributed by atoms with Gasteiger partial charge in [-0.1, -0.05) is 48.5 Å². The zero-order valence-electron chi connectivity index (χ0n) is 18.5. The maximum Gasteiger partial charge on any atom is 0.341 e. The van der Waals surface area contributed by atoms with Crippen molar-refractivity contribution in [1.82, 2.24) is 0 Å². The van der Waals surface area contributed by atoms with Gasteiger partial charge in [-0.3, -0.25) is 4.79 Å². The first-order chi connectivity index (χ1) is 15.8. The maximum atomic E-state index is 13.7. The molecule has 1 amide bonds. The van der Waals surface area contributed by atoms with Gasteiger partial charge in [0.2, 0.25) is 11.8 Å². The fraction of sp³-hybridized carbons (Fsp3) is 0.240. The van der Waals surface area contributed by atoms with E-state index in [0.717, 1.165) is 0 Å². The van der Waals surface area contributed by atoms with Gasteiger partial charge in [0.1, 0.15) is 22.3 Å². The molecule has 170 valence electrons. The van der Waals surface area contributed by atoms with Gasteiger partial charge in [-0.15, -0.1) is 0 Å². The van der Waals surface area contributed by atoms with Crippen molar-refractivity contribution in [3.63, 3.8) is 0 Å². The highest BCUT2D eigenvalue weighted by molar-refractivity contribution is 6.23. The van der Waals surface area contributed by atoms with E-state index in [9.17, 15) is 14.4 Å². The Balaban J connectivity index is 2.11. The average Bonchev–Trinajstić information content (AvgIpc) is 3.05. The van der Waals surface area contributed by atoms with Crippen molar-refractivity contribution in [2.75, 3.05) is 11.9 Å². The van der Waals surface area contributed by atoms with Crippen LogP contribution in [0.3, 0.4) is 0 Å². The smallest absolute Gasteiger partial charge is 0.341 e. The topological polar surface area (TPSA) is 117 Å². The van der Waals surface area contributed by atoms with Gasteiger partial charge in [0, 0.05) is 16.8 Å². The molecule has 3 N–H and O–H groups in total. The first-order valence-electron chi connectivity index (χ1n) is 10.6. The van der Waals surface area contributed by atoms with E-state index in [2.05, 4.69) is 5.32 Å². The van der Waals surface area contributed by atoms with Crippen LogP contribution in [0.4, 0.5) is 5.69 Å². The molecule has 2 heterocycles. The van der Waals surface area contributed by atoms with Gasteiger partial charge in [0.25, 0.3) is 0 Å². The van der Waals surface area contributed by atoms with Crippen molar-refractivity contribution >= 4 is 29.3 Å². The lowest BCUT2D eigenvalue weighted by Crippen LogP contribution is -2.48. The van der Waals surface area contributed by atoms with Gasteiger partial charge in [-0.25, -0.2) is 9.59 Å². The van der Waals surface area contributed by atoms with Gasteiger partial charge in [0.15, 0.2) is 0 Å². The largest absolute Gasteiger partial charge is 0.462 e. The van der Waals surface area contributed by atoms with E-state index in [1.807, 2.05) is 0 Å². The van der Waals surface area contributed by atoms with Crippen molar-refractivity contribution in [2.45, 2.75) is 32.3 Å². The molecule has 2 aliphatic rings. The molecule has 8 nitrogen and oxygen atoms in total. The molecule has 1 unspecified atom stereocenters. The molecule has 0 radical (unpaired) electrons. The van der Waals surface area contributed by atoms with E-state index >= 15 is 0 Å². The summed E-state index contributed by atoms with van der Waals surface area (Å²) in [7, 11) is 0. The molecule has 8 heteroatoms. The van der Waals surface area contributed by atoms with Gasteiger partial charge in [0.05, 0.1) is 12.7 Å². The number of amides is 1. The highest BCUT2D eigenvalue weighted by atomic mass is 16.6. The third kappa shape index (κ3) is 3.44. The molecule has 0 fully saturated rings. The fourth-order valence-electron chi connectivity index (χ4n) is 4.21. The van der Waals surface area contributed by atoms with Crippen molar-refractivity contribution in [1.29, 1.82) is 0 Å². The van der Waals surface area contributed by atoms with E-state index in [1.165, 1.54) is 0 Å². The molecule has 33 heavy (non-hydrogen) atoms. The van der Waals surface area contributed by atoms with Crippen molar-refractivity contribution in [3.05, 3.63) is 82.8 Å². The van der Waals surface area contributed by atoms with Crippen LogP contribution in [0.5, 0.6) is 0 Å². The summed E-state index contributed by atoms with van der Waals surface area (Å²) in [5.41, 5.74) is 5.30. The first kappa shape index (κ1) is 22.1. The lowest BCUT2D eigenvalue weighted by Gasteiger charge is -2.36. The summed E-state index contributed by atoms with van der Waals surface area (Å²) in [4.78, 5) is 40.5. The molecular weight excluding hydrogens is 424 g/mol. The number of hydrogen-bond donors (Lipinski definition) is 2. The van der Waals surface area contributed by atoms with Crippen LogP contribution in [0.15, 0.2) is 71.6 Å². The Hall–Kier alpha value is -4.07. The van der Waals surface area contributed by atoms with Gasteiger partial charge in [-0.2, -0.15) is 0 Å². The molecule has 0 saturated heterocycles. The number of carbonyl (C=O) groups excluding carboxylic acids is 3. The molecule has 4 rings (SSSR count). The number of fused-ring (bicyclic) bond motifs is 2. The molecule has 0 bridgehead atoms. The van der Waals surface area contributed by atoms with Crippen LogP contribution in [0, 0.1) is 0 Å². The van der Waals surface area contributed by atoms with Crippen LogP contribution in [-0.2, 0) is 34.0 Å². The van der Waals surface area contributed by atoms with Crippen molar-refractivity contribution < 1.29 is 28.6 Å². The summed E-state index contributed by atoms with van der Waals surface area (Å²) in [5.74, 6) is -2.56. The molecule has 2 aliphatic heterocycles. The zero-order chi connectivity index (χ0) is 23.8. The molecule has 1 spiro atoms. The Kier molecular flexibility index (Phi) is 5.68. The Bertz CT molecular complexity index is 1200. The number of benzene rings is 2. The summed E-state index contributed by atoms with van der Waals surface area (Å²) >= 11 is 0. The minimum absolute atomic E-state index is 0.0412. The third-order valence-electron chi connectivity index (χ3n) is 5.42. The number of ether oxygens (including phenoxy) is 3. The Labute approximate surface area is 191 Å². The highest BCUT2D eigenvalue weighted by Crippen LogP contribution is 2.54. The number of nitrogens with two attached hydrogens (primary N) is 1. The van der Waals surface area contributed by atoms with E-state index < -0.39 is 29.4 Å². The average molecular weight is 448 g/mol. The summed E-state index contributed by atoms with van der Waals surface area (Å²) in [6.45, 7) is 5.04. The van der Waals surface area contributed by atoms with Crippen LogP contribution in [0.2, 0.25) is 0 Å². The standard InChI is InChI=1S/C25H24N2O6/c1-4-31-22(28)18-20(15-10-6-5-7-11-15)33-21(26)19(23(29)32-14(2)3)25(18)16-12-8-9-13-17(16)27-24(25)30/h5-14H,4,26H2,1-3H3,(H,27,30). The Morgan fingerprint density at radius 3 is 2.36 bits per heavy atom. The van der Waals surface area contributed by atoms with E-state index in [0.29, 0.717) is 16.8 Å². The quantitative estimate of drug-likeness (QED) is 0.675. The van der Waals surface area contributed by atoms with Crippen LogP contribution < -0.4 is 11.1 Å². The van der Waals surface area contributed by atoms with Crippen LogP contribution in [0.1, 0.15) is 31.9 Å². The SMILES string of the molecule is CCOC(=O)C1=C(c2ccccc2)OC(N)=C(C(=O)OC(C)C)C12C(=O)Nc1ccccc12. The summed E-state index contributed by atoms with van der Waals surface area (Å²) in [6, 6.07) is 15.5. The Morgan fingerprint density at radius 2 is 1.70 bits per heavy atom. The predicted octanol–water partition coefficient (Wildman–Crippen LogP) is 3.00. The minimum Gasteiger partial charge on any atom is -0.462 e. The van der Waals surface area contributed by atoms with E-state index in [1.54, 1.807) is 75.4 Å². The van der Waals surface area contributed by atoms with E-state index in [-0.39, 0.29) is 29.4 Å². The maximum absolute atomic E-state index is 13.7. The molecule has 2 aromatic carbocycles. The van der Waals surface area contributed by atoms with Crippen LogP contribution >= 0.6 is 0 Å². The summed E-state index contributed by atoms with van der Waals surface area (Å²) in [5, 5.41) is 2.78. The molecule has 0 aromatic heterocycles. The summed E-state index contributed by atoms with van der Waals surface area (Å²) < 4.78 is 16.7. The molecule has 1 atom stereocenters. The normalized spacial score (nSPS) is 19.3. The number of anilines is 1. The number of rotatable bonds is 5. The fourth-order valence-corrected chi connectivity index (χ4v) is 4.21. The minimum atomic E-state index is -1.91. The highest BCUT2D eigenvalue weighted by Gasteiger charge is 2.62. The molecule has 0 saturated carbocycles. The van der Waals surface area contributed by atoms with Crippen LogP contribution in [0.25, 0.3) is 5.76 Å². The number of nitrogens with one attached hydrogen (secondary N) is 1. The monoisotopic (exact) mass is 448 g/mol. The number of hydrogen-bond acceptors (Lipinski definition) is 7. The van der Waals surface area contributed by atoms with Gasteiger partial charge in [-0.05, 0) is 26.8 Å². The zero-order valence-corrected chi connectivity index (χ0v) is 18.5. The van der Waals surface area contributed by atoms with Crippen molar-refractivity contribution in [3.8, 4) is 0 Å². The lowest BCUT2D eigenvalue weighted by atomic mass is 9.67. The second-order valence-electron chi connectivity index (χ2n) is 7.84. The number of esters is 2. The lowest BCUT2D eigenvalue weighted by molar-refractivity contribution is -0.145. The van der Waals surface area contributed by atoms with Crippen molar-refractivity contribution in [2.24, 2.45) is 5.73 Å². The summed E-state index contributed by atoms with van der Waals surface area (Å²) in [6.07, 6.45) is -0.500. The van der Waals surface area contributed by atoms with Gasteiger partial charge < -0.3 is 25.3 Å². The number of carbonyl (C=O) groups is 3. The molecule has 0 aliphatic carbocycles. The van der Waals surface area contributed by atoms with Gasteiger partial charge >= 0.3 is 11.9 Å². The molecule has 2 aromatic rings. The molecular formula is C25H24N2O6. The first-order valence-corrected chi connectivity index (χ1v) is 10.6. The second-order valence-corrected chi connectivity index (χ2v) is 7.84. The predicted molar refractivity (Wildman–Crippen MR) is 120 cm³/mol. The number of para-hydroxylation sites is 1. The van der Waals surface area contributed by atoms with E-state index in [4.69, 9.17) is 19.9 Å². The van der Waals surface area contributed by atoms with Crippen LogP contribution in [-0.4, -0.2) is 30.6 Å². The second kappa shape index (κ2) is 8.46.